The first-order valence-electron chi connectivity index (χ1n) is 7.60. The maximum atomic E-state index is 15.1. The van der Waals surface area contributed by atoms with E-state index in [0.29, 0.717) is 12.0 Å². The zero-order valence-electron chi connectivity index (χ0n) is 13.7. The van der Waals surface area contributed by atoms with Crippen LogP contribution >= 0.6 is 22.6 Å². The Balaban J connectivity index is 2.13. The summed E-state index contributed by atoms with van der Waals surface area (Å²) in [5.41, 5.74) is 3.52. The van der Waals surface area contributed by atoms with Crippen LogP contribution < -0.4 is 10.2 Å². The molecule has 0 unspecified atom stereocenters. The van der Waals surface area contributed by atoms with Crippen LogP contribution in [0, 0.1) is 16.3 Å². The molecule has 0 saturated carbocycles. The van der Waals surface area contributed by atoms with Crippen LogP contribution in [0.25, 0.3) is 0 Å². The van der Waals surface area contributed by atoms with Gasteiger partial charge in [0, 0.05) is 34.1 Å². The fraction of sp³-hybridized carbons (Fsp3) is 0.278. The summed E-state index contributed by atoms with van der Waals surface area (Å²) in [6, 6.07) is 7.53. The van der Waals surface area contributed by atoms with Crippen molar-refractivity contribution in [1.29, 1.82) is 0 Å². The van der Waals surface area contributed by atoms with Gasteiger partial charge in [-0.2, -0.15) is 0 Å². The van der Waals surface area contributed by atoms with Crippen LogP contribution in [0.15, 0.2) is 24.3 Å². The number of nitrogens with zero attached hydrogens (tertiary/aromatic N) is 1. The lowest BCUT2D eigenvalue weighted by Gasteiger charge is -2.18. The summed E-state index contributed by atoms with van der Waals surface area (Å²) < 4.78 is 21.0. The number of aryl methyl sites for hydroxylation is 1. The van der Waals surface area contributed by atoms with Gasteiger partial charge in [0.25, 0.3) is 0 Å². The van der Waals surface area contributed by atoms with E-state index in [1.807, 2.05) is 37.1 Å². The molecular formula is C18H18FIN2O2. The molecule has 1 heterocycles. The first kappa shape index (κ1) is 17.0. The highest BCUT2D eigenvalue weighted by Crippen LogP contribution is 2.38. The van der Waals surface area contributed by atoms with Gasteiger partial charge >= 0.3 is 5.97 Å². The number of hydrogen-bond acceptors (Lipinski definition) is 4. The highest BCUT2D eigenvalue weighted by Gasteiger charge is 2.27. The number of halogens is 2. The van der Waals surface area contributed by atoms with Crippen LogP contribution in [0.5, 0.6) is 0 Å². The molecule has 1 aliphatic rings. The molecule has 0 aromatic heterocycles. The number of benzene rings is 2. The normalized spacial score (nSPS) is 13.0. The molecule has 0 amide bonds. The number of rotatable bonds is 3. The lowest BCUT2D eigenvalue weighted by molar-refractivity contribution is 0.0601. The third-order valence-corrected chi connectivity index (χ3v) is 4.98. The summed E-state index contributed by atoms with van der Waals surface area (Å²) in [6.07, 6.45) is 0.624. The van der Waals surface area contributed by atoms with Crippen molar-refractivity contribution in [2.24, 2.45) is 0 Å². The van der Waals surface area contributed by atoms with Crippen molar-refractivity contribution in [3.05, 3.63) is 50.3 Å². The van der Waals surface area contributed by atoms with Crippen molar-refractivity contribution in [2.75, 3.05) is 30.9 Å². The molecule has 0 fully saturated rings. The zero-order valence-corrected chi connectivity index (χ0v) is 15.9. The van der Waals surface area contributed by atoms with E-state index in [9.17, 15) is 4.79 Å². The molecule has 0 aliphatic carbocycles. The van der Waals surface area contributed by atoms with E-state index in [2.05, 4.69) is 27.9 Å². The Morgan fingerprint density at radius 2 is 2.12 bits per heavy atom. The van der Waals surface area contributed by atoms with E-state index in [-0.39, 0.29) is 17.1 Å². The monoisotopic (exact) mass is 440 g/mol. The number of anilines is 3. The molecule has 2 aromatic carbocycles. The Labute approximate surface area is 154 Å². The van der Waals surface area contributed by atoms with Crippen molar-refractivity contribution >= 4 is 45.6 Å². The molecule has 0 atom stereocenters. The molecule has 6 heteroatoms. The van der Waals surface area contributed by atoms with Crippen LogP contribution in [0.2, 0.25) is 0 Å². The van der Waals surface area contributed by atoms with Crippen LogP contribution in [0.4, 0.5) is 21.5 Å². The summed E-state index contributed by atoms with van der Waals surface area (Å²) in [4.78, 5) is 14.1. The smallest absolute Gasteiger partial charge is 0.340 e. The second kappa shape index (κ2) is 6.58. The van der Waals surface area contributed by atoms with E-state index in [1.54, 1.807) is 6.07 Å². The standard InChI is InChI=1S/C18H18FIN2O2/c1-10-8-11(20)4-5-14(10)21-17-13(18(23)24-3)9-15-12(16(17)19)6-7-22(15)2/h4-5,8-9,21H,6-7H2,1-3H3. The van der Waals surface area contributed by atoms with Crippen LogP contribution in [0.3, 0.4) is 0 Å². The van der Waals surface area contributed by atoms with Gasteiger partial charge in [0.05, 0.1) is 18.4 Å². The molecule has 0 radical (unpaired) electrons. The SMILES string of the molecule is COC(=O)c1cc2c(c(F)c1Nc1ccc(I)cc1C)CCN2C. The molecule has 0 spiro atoms. The number of carbonyl (C=O) groups excluding carboxylic acids is 1. The lowest BCUT2D eigenvalue weighted by atomic mass is 10.0. The minimum Gasteiger partial charge on any atom is -0.465 e. The van der Waals surface area contributed by atoms with Crippen LogP contribution in [0.1, 0.15) is 21.5 Å². The van der Waals surface area contributed by atoms with Gasteiger partial charge in [0.1, 0.15) is 0 Å². The number of ether oxygens (including phenoxy) is 1. The Kier molecular flexibility index (Phi) is 4.67. The van der Waals surface area contributed by atoms with E-state index in [1.165, 1.54) is 7.11 Å². The van der Waals surface area contributed by atoms with Gasteiger partial charge in [-0.25, -0.2) is 9.18 Å². The molecule has 24 heavy (non-hydrogen) atoms. The minimum absolute atomic E-state index is 0.181. The number of carbonyl (C=O) groups is 1. The van der Waals surface area contributed by atoms with Gasteiger partial charge in [-0.15, -0.1) is 0 Å². The third-order valence-electron chi connectivity index (χ3n) is 4.31. The molecule has 2 aromatic rings. The van der Waals surface area contributed by atoms with E-state index in [4.69, 9.17) is 4.74 Å². The maximum Gasteiger partial charge on any atom is 0.340 e. The van der Waals surface area contributed by atoms with Gasteiger partial charge in [-0.05, 0) is 65.8 Å². The van der Waals surface area contributed by atoms with Gasteiger partial charge < -0.3 is 15.0 Å². The summed E-state index contributed by atoms with van der Waals surface area (Å²) in [6.45, 7) is 2.68. The maximum absolute atomic E-state index is 15.1. The largest absolute Gasteiger partial charge is 0.465 e. The number of hydrogen-bond donors (Lipinski definition) is 1. The van der Waals surface area contributed by atoms with Crippen LogP contribution in [-0.2, 0) is 11.2 Å². The molecule has 126 valence electrons. The molecule has 1 N–H and O–H groups in total. The number of nitrogens with one attached hydrogen (secondary N) is 1. The fourth-order valence-corrected chi connectivity index (χ4v) is 3.60. The molecule has 0 bridgehead atoms. The molecule has 4 nitrogen and oxygen atoms in total. The van der Waals surface area contributed by atoms with Crippen molar-refractivity contribution in [2.45, 2.75) is 13.3 Å². The summed E-state index contributed by atoms with van der Waals surface area (Å²) in [7, 11) is 3.19. The second-order valence-electron chi connectivity index (χ2n) is 5.86. The first-order valence-corrected chi connectivity index (χ1v) is 8.68. The average Bonchev–Trinajstić information content (AvgIpc) is 2.92. The molecule has 0 saturated heterocycles. The summed E-state index contributed by atoms with van der Waals surface area (Å²) in [5, 5.41) is 3.10. The quantitative estimate of drug-likeness (QED) is 0.572. The van der Waals surface area contributed by atoms with Gasteiger partial charge in [-0.1, -0.05) is 0 Å². The Hall–Kier alpha value is -1.83. The number of fused-ring (bicyclic) bond motifs is 1. The Morgan fingerprint density at radius 3 is 2.79 bits per heavy atom. The van der Waals surface area contributed by atoms with E-state index >= 15 is 4.39 Å². The average molecular weight is 440 g/mol. The number of likely N-dealkylation sites (N-methyl/N-ethyl adjacent to an activating group) is 1. The first-order chi connectivity index (χ1) is 11.4. The predicted molar refractivity (Wildman–Crippen MR) is 102 cm³/mol. The van der Waals surface area contributed by atoms with Crippen molar-refractivity contribution in [1.82, 2.24) is 0 Å². The summed E-state index contributed by atoms with van der Waals surface area (Å²) in [5.74, 6) is -0.933. The second-order valence-corrected chi connectivity index (χ2v) is 7.10. The van der Waals surface area contributed by atoms with Crippen molar-refractivity contribution < 1.29 is 13.9 Å². The zero-order chi connectivity index (χ0) is 17.4. The van der Waals surface area contributed by atoms with Gasteiger partial charge in [0.2, 0.25) is 0 Å². The third kappa shape index (κ3) is 2.94. The number of esters is 1. The highest BCUT2D eigenvalue weighted by atomic mass is 127. The van der Waals surface area contributed by atoms with Crippen molar-refractivity contribution in [3.8, 4) is 0 Å². The Bertz CT molecular complexity index is 823. The van der Waals surface area contributed by atoms with Crippen LogP contribution in [-0.4, -0.2) is 26.7 Å². The minimum atomic E-state index is -0.553. The highest BCUT2D eigenvalue weighted by molar-refractivity contribution is 14.1. The predicted octanol–water partition coefficient (Wildman–Crippen LogP) is 4.26. The van der Waals surface area contributed by atoms with Gasteiger partial charge in [-0.3, -0.25) is 0 Å². The molecular weight excluding hydrogens is 422 g/mol. The molecule has 1 aliphatic heterocycles. The number of methoxy groups -OCH3 is 1. The van der Waals surface area contributed by atoms with Crippen molar-refractivity contribution in [3.63, 3.8) is 0 Å². The van der Waals surface area contributed by atoms with E-state index < -0.39 is 5.97 Å². The topological polar surface area (TPSA) is 41.6 Å². The Morgan fingerprint density at radius 1 is 1.38 bits per heavy atom. The molecule has 3 rings (SSSR count). The fourth-order valence-electron chi connectivity index (χ4n) is 2.95. The lowest BCUT2D eigenvalue weighted by Crippen LogP contribution is -2.14. The van der Waals surface area contributed by atoms with Gasteiger partial charge in [0.15, 0.2) is 5.82 Å². The van der Waals surface area contributed by atoms with E-state index in [0.717, 1.165) is 27.1 Å². The summed E-state index contributed by atoms with van der Waals surface area (Å²) >= 11 is 2.23.